The number of hydrogen-bond acceptors (Lipinski definition) is 14. The van der Waals surface area contributed by atoms with Crippen LogP contribution in [0.4, 0.5) is 15.4 Å². The van der Waals surface area contributed by atoms with Gasteiger partial charge in [-0.15, -0.1) is 0 Å². The number of esters is 2. The Morgan fingerprint density at radius 3 is 2.24 bits per heavy atom. The van der Waals surface area contributed by atoms with Gasteiger partial charge in [0, 0.05) is 6.92 Å². The van der Waals surface area contributed by atoms with E-state index in [9.17, 15) is 24.4 Å². The van der Waals surface area contributed by atoms with E-state index in [2.05, 4.69) is 31.5 Å². The zero-order valence-corrected chi connectivity index (χ0v) is 34.9. The van der Waals surface area contributed by atoms with Crippen LogP contribution in [-0.2, 0) is 47.7 Å². The molecule has 298 valence electrons. The lowest BCUT2D eigenvalue weighted by Gasteiger charge is -2.38. The first-order valence-corrected chi connectivity index (χ1v) is 24.9. The van der Waals surface area contributed by atoms with E-state index < -0.39 is 82.6 Å². The molecule has 1 saturated heterocycles. The van der Waals surface area contributed by atoms with Crippen LogP contribution in [0.5, 0.6) is 0 Å². The topological polar surface area (TPSA) is 211 Å². The molecule has 2 fully saturated rings. The summed E-state index contributed by atoms with van der Waals surface area (Å²) in [6.07, 6.45) is 0.678. The summed E-state index contributed by atoms with van der Waals surface area (Å²) in [7, 11) is -4.80. The second-order valence-electron chi connectivity index (χ2n) is 16.6. The average Bonchev–Trinajstić information content (AvgIpc) is 3.58. The number of anilines is 1. The summed E-state index contributed by atoms with van der Waals surface area (Å²) in [5.74, 6) is -1.11. The maximum Gasteiger partial charge on any atom is 0.415 e. The fourth-order valence-corrected chi connectivity index (χ4v) is 8.72. The number of fused-ring (bicyclic) bond motifs is 1. The molecule has 0 spiro atoms. The van der Waals surface area contributed by atoms with Crippen LogP contribution in [0.1, 0.15) is 71.9 Å². The Kier molecular flexibility index (Phi) is 13.2. The van der Waals surface area contributed by atoms with Crippen LogP contribution in [0.2, 0.25) is 39.3 Å². The fraction of sp³-hybridized carbons (Fsp3) is 0.686. The molecule has 1 saturated carbocycles. The molecule has 54 heavy (non-hydrogen) atoms. The number of nitriles is 1. The largest absolute Gasteiger partial charge is 0.463 e. The van der Waals surface area contributed by atoms with E-state index in [0.29, 0.717) is 18.4 Å². The van der Waals surface area contributed by atoms with Crippen molar-refractivity contribution in [3.63, 3.8) is 0 Å². The summed E-state index contributed by atoms with van der Waals surface area (Å²) in [6.45, 7) is 17.6. The van der Waals surface area contributed by atoms with Crippen LogP contribution in [0.15, 0.2) is 18.5 Å². The number of nitrogens with zero attached hydrogens (tertiary/aromatic N) is 4. The molecule has 4 atom stereocenters. The summed E-state index contributed by atoms with van der Waals surface area (Å²) in [5.41, 5.74) is -2.79. The molecule has 0 aromatic carbocycles. The van der Waals surface area contributed by atoms with Gasteiger partial charge in [0.1, 0.15) is 48.4 Å². The molecule has 2 unspecified atom stereocenters. The Bertz CT molecular complexity index is 1720. The van der Waals surface area contributed by atoms with Gasteiger partial charge in [-0.05, 0) is 85.0 Å². The molecule has 3 heterocycles. The highest BCUT2D eigenvalue weighted by molar-refractivity contribution is 6.70. The number of alkyl carbamates (subject to hydrolysis) is 1. The molecule has 2 aromatic heterocycles. The van der Waals surface area contributed by atoms with Gasteiger partial charge in [0.05, 0.1) is 17.7 Å². The van der Waals surface area contributed by atoms with E-state index in [1.165, 1.54) is 17.8 Å². The van der Waals surface area contributed by atoms with Crippen LogP contribution in [0.3, 0.4) is 0 Å². The lowest BCUT2D eigenvalue weighted by Crippen LogP contribution is -2.53. The van der Waals surface area contributed by atoms with Crippen LogP contribution < -0.4 is 10.6 Å². The van der Waals surface area contributed by atoms with Crippen LogP contribution in [-0.4, -0.2) is 98.2 Å². The molecule has 2 aliphatic rings. The molecule has 2 aromatic rings. The Labute approximate surface area is 317 Å². The third-order valence-electron chi connectivity index (χ3n) is 8.51. The van der Waals surface area contributed by atoms with E-state index >= 15 is 0 Å². The molecular weight excluding hydrogens is 737 g/mol. The van der Waals surface area contributed by atoms with Crippen molar-refractivity contribution >= 4 is 52.1 Å². The van der Waals surface area contributed by atoms with Crippen molar-refractivity contribution in [3.05, 3.63) is 24.2 Å². The molecule has 2 amide bonds. The van der Waals surface area contributed by atoms with E-state index in [1.807, 2.05) is 39.3 Å². The number of nitrogens with one attached hydrogen (secondary N) is 2. The van der Waals surface area contributed by atoms with Crippen molar-refractivity contribution in [2.45, 2.75) is 141 Å². The second kappa shape index (κ2) is 16.7. The van der Waals surface area contributed by atoms with Crippen LogP contribution >= 0.6 is 0 Å². The quantitative estimate of drug-likeness (QED) is 0.111. The zero-order chi connectivity index (χ0) is 40.1. The SMILES string of the molecule is CC(=O)OCOC(=O)Nc1ncnn2c([C@]3(C#N)O[C@H](COC(=O)CC4(NC(=O)OC(C)(C)C)CCCCC4)C(O[Si](C)(C)C)C3O[Si](C)(C)C)ccc12. The number of carbonyl (C=O) groups is 4. The molecule has 17 nitrogen and oxygen atoms in total. The highest BCUT2D eigenvalue weighted by Gasteiger charge is 2.61. The Morgan fingerprint density at radius 1 is 0.981 bits per heavy atom. The predicted octanol–water partition coefficient (Wildman–Crippen LogP) is 5.52. The second-order valence-corrected chi connectivity index (χ2v) is 25.5. The van der Waals surface area contributed by atoms with Crippen molar-refractivity contribution in [2.75, 3.05) is 18.7 Å². The van der Waals surface area contributed by atoms with Crippen molar-refractivity contribution in [2.24, 2.45) is 0 Å². The predicted molar refractivity (Wildman–Crippen MR) is 199 cm³/mol. The highest BCUT2D eigenvalue weighted by atomic mass is 28.4. The monoisotopic (exact) mass is 790 g/mol. The number of ether oxygens (including phenoxy) is 5. The van der Waals surface area contributed by atoms with Gasteiger partial charge in [0.15, 0.2) is 22.5 Å². The van der Waals surface area contributed by atoms with Gasteiger partial charge in [-0.2, -0.15) is 10.4 Å². The minimum Gasteiger partial charge on any atom is -0.463 e. The van der Waals surface area contributed by atoms with E-state index in [-0.39, 0.29) is 24.5 Å². The summed E-state index contributed by atoms with van der Waals surface area (Å²) in [6, 6.07) is 5.58. The maximum atomic E-state index is 13.6. The lowest BCUT2D eigenvalue weighted by atomic mass is 9.79. The summed E-state index contributed by atoms with van der Waals surface area (Å²) >= 11 is 0. The highest BCUT2D eigenvalue weighted by Crippen LogP contribution is 2.45. The van der Waals surface area contributed by atoms with Crippen LogP contribution in [0.25, 0.3) is 5.52 Å². The first-order chi connectivity index (χ1) is 25.1. The van der Waals surface area contributed by atoms with Gasteiger partial charge in [0.25, 0.3) is 0 Å². The third-order valence-corrected chi connectivity index (χ3v) is 10.5. The number of amides is 2. The molecule has 0 bridgehead atoms. The third kappa shape index (κ3) is 11.2. The zero-order valence-electron chi connectivity index (χ0n) is 32.9. The molecular formula is C35H54N6O11Si2. The van der Waals surface area contributed by atoms with Crippen molar-refractivity contribution in [1.82, 2.24) is 19.9 Å². The van der Waals surface area contributed by atoms with Gasteiger partial charge in [-0.25, -0.2) is 19.1 Å². The molecule has 4 rings (SSSR count). The first kappa shape index (κ1) is 42.6. The van der Waals surface area contributed by atoms with Crippen molar-refractivity contribution in [3.8, 4) is 6.07 Å². The van der Waals surface area contributed by atoms with Crippen molar-refractivity contribution in [1.29, 1.82) is 5.26 Å². The Hall–Kier alpha value is -4.10. The summed E-state index contributed by atoms with van der Waals surface area (Å²) < 4.78 is 42.6. The van der Waals surface area contributed by atoms with E-state index in [4.69, 9.17) is 27.8 Å². The Balaban J connectivity index is 1.66. The van der Waals surface area contributed by atoms with Crippen molar-refractivity contribution < 1.29 is 51.7 Å². The Morgan fingerprint density at radius 2 is 1.65 bits per heavy atom. The molecule has 0 radical (unpaired) electrons. The summed E-state index contributed by atoms with van der Waals surface area (Å²) in [4.78, 5) is 54.2. The van der Waals surface area contributed by atoms with Gasteiger partial charge >= 0.3 is 24.1 Å². The van der Waals surface area contributed by atoms with Gasteiger partial charge in [-0.1, -0.05) is 19.3 Å². The average molecular weight is 791 g/mol. The van der Waals surface area contributed by atoms with E-state index in [1.54, 1.807) is 32.9 Å². The lowest BCUT2D eigenvalue weighted by molar-refractivity contribution is -0.152. The normalized spacial score (nSPS) is 22.9. The van der Waals surface area contributed by atoms with Gasteiger partial charge < -0.3 is 37.9 Å². The molecule has 19 heteroatoms. The molecule has 1 aliphatic carbocycles. The molecule has 2 N–H and O–H groups in total. The summed E-state index contributed by atoms with van der Waals surface area (Å²) in [5, 5.41) is 20.9. The smallest absolute Gasteiger partial charge is 0.415 e. The van der Waals surface area contributed by atoms with Gasteiger partial charge in [-0.3, -0.25) is 14.9 Å². The number of rotatable bonds is 13. The van der Waals surface area contributed by atoms with E-state index in [0.717, 1.165) is 19.3 Å². The maximum absolute atomic E-state index is 13.6. The van der Waals surface area contributed by atoms with Gasteiger partial charge in [0.2, 0.25) is 12.4 Å². The first-order valence-electron chi connectivity index (χ1n) is 18.1. The fourth-order valence-electron chi connectivity index (χ4n) is 6.57. The van der Waals surface area contributed by atoms with Crippen LogP contribution in [0, 0.1) is 11.3 Å². The standard InChI is InChI=1S/C35H54N6O11Si2/c1-23(42)47-22-48-31(44)39-30-24-14-15-26(41(24)38-21-37-30)35(20-36)29(52-54(8,9)10)28(51-53(5,6)7)25(49-35)19-46-27(43)18-34(16-12-11-13-17-34)40-32(45)50-33(2,3)4/h14-15,21,25,28-29H,11-13,16-19,22H2,1-10H3,(H,40,45)(H,37,38,39,44)/t25-,28?,29?,35+/m1/s1. The molecule has 1 aliphatic heterocycles. The minimum atomic E-state index is -2.43. The number of hydrogen-bond donors (Lipinski definition) is 2. The number of carbonyl (C=O) groups excluding carboxylic acids is 4. The number of aromatic nitrogens is 3. The minimum absolute atomic E-state index is 0.0508.